The fourth-order valence-corrected chi connectivity index (χ4v) is 3.09. The van der Waals surface area contributed by atoms with Crippen LogP contribution in [-0.4, -0.2) is 18.3 Å². The Hall–Kier alpha value is 0.1000. The number of aliphatic hydroxyl groups excluding tert-OH is 1. The van der Waals surface area contributed by atoms with Gasteiger partial charge in [0.15, 0.2) is 0 Å². The van der Waals surface area contributed by atoms with Gasteiger partial charge < -0.3 is 10.4 Å². The van der Waals surface area contributed by atoms with Gasteiger partial charge in [-0.05, 0) is 53.9 Å². The van der Waals surface area contributed by atoms with Crippen LogP contribution >= 0.6 is 27.3 Å². The van der Waals surface area contributed by atoms with Crippen LogP contribution in [0.5, 0.6) is 0 Å². The van der Waals surface area contributed by atoms with E-state index in [9.17, 15) is 0 Å². The van der Waals surface area contributed by atoms with Gasteiger partial charge in [0.05, 0.1) is 3.79 Å². The third-order valence-electron chi connectivity index (χ3n) is 2.85. The molecule has 0 saturated carbocycles. The van der Waals surface area contributed by atoms with Crippen molar-refractivity contribution in [2.24, 2.45) is 5.92 Å². The first-order valence-electron chi connectivity index (χ1n) is 5.76. The SMILES string of the molecule is CCC(CCO)CNC(C)c1ccc(Br)s1. The maximum atomic E-state index is 8.92. The average molecular weight is 306 g/mol. The molecule has 0 aromatic carbocycles. The van der Waals surface area contributed by atoms with Crippen LogP contribution in [0, 0.1) is 5.92 Å². The fourth-order valence-electron chi connectivity index (χ4n) is 1.64. The summed E-state index contributed by atoms with van der Waals surface area (Å²) in [5.41, 5.74) is 0. The number of thiophene rings is 1. The molecule has 0 saturated heterocycles. The Morgan fingerprint density at radius 3 is 2.75 bits per heavy atom. The molecule has 1 rings (SSSR count). The minimum Gasteiger partial charge on any atom is -0.396 e. The van der Waals surface area contributed by atoms with Crippen molar-refractivity contribution in [1.29, 1.82) is 0 Å². The minimum absolute atomic E-state index is 0.291. The fraction of sp³-hybridized carbons (Fsp3) is 0.667. The first-order valence-corrected chi connectivity index (χ1v) is 7.37. The highest BCUT2D eigenvalue weighted by atomic mass is 79.9. The number of halogens is 1. The summed E-state index contributed by atoms with van der Waals surface area (Å²) in [4.78, 5) is 1.35. The molecule has 4 heteroatoms. The molecular formula is C12H20BrNOS. The van der Waals surface area contributed by atoms with Crippen molar-refractivity contribution >= 4 is 27.3 Å². The van der Waals surface area contributed by atoms with Crippen LogP contribution in [0.25, 0.3) is 0 Å². The van der Waals surface area contributed by atoms with E-state index in [1.54, 1.807) is 11.3 Å². The highest BCUT2D eigenvalue weighted by Gasteiger charge is 2.10. The lowest BCUT2D eigenvalue weighted by atomic mass is 10.0. The normalized spacial score (nSPS) is 15.0. The summed E-state index contributed by atoms with van der Waals surface area (Å²) in [7, 11) is 0. The summed E-state index contributed by atoms with van der Waals surface area (Å²) in [6.07, 6.45) is 2.01. The Morgan fingerprint density at radius 1 is 1.50 bits per heavy atom. The van der Waals surface area contributed by atoms with Gasteiger partial charge >= 0.3 is 0 Å². The zero-order chi connectivity index (χ0) is 12.0. The molecule has 16 heavy (non-hydrogen) atoms. The first-order chi connectivity index (χ1) is 7.67. The van der Waals surface area contributed by atoms with Gasteiger partial charge in [0.25, 0.3) is 0 Å². The lowest BCUT2D eigenvalue weighted by Crippen LogP contribution is -2.25. The van der Waals surface area contributed by atoms with Crippen molar-refractivity contribution in [3.8, 4) is 0 Å². The molecule has 0 radical (unpaired) electrons. The third kappa shape index (κ3) is 4.53. The smallest absolute Gasteiger partial charge is 0.0701 e. The van der Waals surface area contributed by atoms with E-state index in [1.165, 1.54) is 8.66 Å². The van der Waals surface area contributed by atoms with Crippen LogP contribution < -0.4 is 5.32 Å². The van der Waals surface area contributed by atoms with Gasteiger partial charge in [-0.1, -0.05) is 13.3 Å². The van der Waals surface area contributed by atoms with Crippen molar-refractivity contribution in [2.75, 3.05) is 13.2 Å². The average Bonchev–Trinajstić information content (AvgIpc) is 2.70. The lowest BCUT2D eigenvalue weighted by Gasteiger charge is -2.18. The summed E-state index contributed by atoms with van der Waals surface area (Å²) in [6, 6.07) is 4.63. The van der Waals surface area contributed by atoms with Crippen LogP contribution in [0.1, 0.15) is 37.6 Å². The molecule has 2 unspecified atom stereocenters. The Balaban J connectivity index is 2.36. The molecule has 92 valence electrons. The van der Waals surface area contributed by atoms with Gasteiger partial charge in [0.2, 0.25) is 0 Å². The van der Waals surface area contributed by atoms with Crippen molar-refractivity contribution < 1.29 is 5.11 Å². The first kappa shape index (κ1) is 14.2. The quantitative estimate of drug-likeness (QED) is 0.807. The van der Waals surface area contributed by atoms with E-state index in [-0.39, 0.29) is 0 Å². The predicted octanol–water partition coefficient (Wildman–Crippen LogP) is 3.57. The number of nitrogens with one attached hydrogen (secondary N) is 1. The second kappa shape index (κ2) is 7.43. The van der Waals surface area contributed by atoms with E-state index in [2.05, 4.69) is 47.2 Å². The molecule has 0 amide bonds. The highest BCUT2D eigenvalue weighted by Crippen LogP contribution is 2.27. The van der Waals surface area contributed by atoms with Crippen LogP contribution in [0.4, 0.5) is 0 Å². The van der Waals surface area contributed by atoms with E-state index < -0.39 is 0 Å². The summed E-state index contributed by atoms with van der Waals surface area (Å²) >= 11 is 5.25. The molecule has 0 spiro atoms. The number of hydrogen-bond acceptors (Lipinski definition) is 3. The monoisotopic (exact) mass is 305 g/mol. The maximum Gasteiger partial charge on any atom is 0.0701 e. The highest BCUT2D eigenvalue weighted by molar-refractivity contribution is 9.11. The minimum atomic E-state index is 0.291. The van der Waals surface area contributed by atoms with Gasteiger partial charge in [0.1, 0.15) is 0 Å². The molecule has 1 aromatic heterocycles. The zero-order valence-corrected chi connectivity index (χ0v) is 12.3. The van der Waals surface area contributed by atoms with Gasteiger partial charge in [0, 0.05) is 17.5 Å². The Labute approximate surface area is 110 Å². The largest absolute Gasteiger partial charge is 0.396 e. The predicted molar refractivity (Wildman–Crippen MR) is 73.9 cm³/mol. The third-order valence-corrected chi connectivity index (χ3v) is 4.65. The molecule has 0 bridgehead atoms. The lowest BCUT2D eigenvalue weighted by molar-refractivity contribution is 0.249. The van der Waals surface area contributed by atoms with Crippen molar-refractivity contribution in [3.05, 3.63) is 20.8 Å². The molecule has 2 nitrogen and oxygen atoms in total. The number of aliphatic hydroxyl groups is 1. The zero-order valence-electron chi connectivity index (χ0n) is 9.87. The molecule has 2 N–H and O–H groups in total. The number of rotatable bonds is 7. The Bertz CT molecular complexity index is 303. The molecular weight excluding hydrogens is 286 g/mol. The van der Waals surface area contributed by atoms with E-state index in [0.29, 0.717) is 18.6 Å². The van der Waals surface area contributed by atoms with Crippen LogP contribution in [0.15, 0.2) is 15.9 Å². The van der Waals surface area contributed by atoms with Crippen LogP contribution in [0.2, 0.25) is 0 Å². The van der Waals surface area contributed by atoms with Gasteiger partial charge in [-0.25, -0.2) is 0 Å². The summed E-state index contributed by atoms with van der Waals surface area (Å²) < 4.78 is 1.18. The summed E-state index contributed by atoms with van der Waals surface area (Å²) in [5.74, 6) is 0.579. The molecule has 0 aliphatic rings. The van der Waals surface area contributed by atoms with Crippen LogP contribution in [0.3, 0.4) is 0 Å². The molecule has 0 aliphatic heterocycles. The van der Waals surface area contributed by atoms with E-state index in [4.69, 9.17) is 5.11 Å². The van der Waals surface area contributed by atoms with Gasteiger partial charge in [-0.2, -0.15) is 0 Å². The molecule has 1 heterocycles. The standard InChI is InChI=1S/C12H20BrNOS/c1-3-10(6-7-15)8-14-9(2)11-4-5-12(13)16-11/h4-5,9-10,14-15H,3,6-8H2,1-2H3. The summed E-state index contributed by atoms with van der Waals surface area (Å²) in [5, 5.41) is 12.4. The Kier molecular flexibility index (Phi) is 6.58. The molecule has 1 aromatic rings. The topological polar surface area (TPSA) is 32.3 Å². The second-order valence-electron chi connectivity index (χ2n) is 4.06. The van der Waals surface area contributed by atoms with Gasteiger partial charge in [-0.3, -0.25) is 0 Å². The van der Waals surface area contributed by atoms with E-state index >= 15 is 0 Å². The van der Waals surface area contributed by atoms with Gasteiger partial charge in [-0.15, -0.1) is 11.3 Å². The molecule has 2 atom stereocenters. The summed E-state index contributed by atoms with van der Waals surface area (Å²) in [6.45, 7) is 5.63. The van der Waals surface area contributed by atoms with Crippen molar-refractivity contribution in [2.45, 2.75) is 32.7 Å². The molecule has 0 aliphatic carbocycles. The molecule has 0 fully saturated rings. The van der Waals surface area contributed by atoms with E-state index in [1.807, 2.05) is 0 Å². The van der Waals surface area contributed by atoms with Crippen molar-refractivity contribution in [1.82, 2.24) is 5.32 Å². The second-order valence-corrected chi connectivity index (χ2v) is 6.55. The van der Waals surface area contributed by atoms with Crippen LogP contribution in [-0.2, 0) is 0 Å². The van der Waals surface area contributed by atoms with Crippen molar-refractivity contribution in [3.63, 3.8) is 0 Å². The number of hydrogen-bond donors (Lipinski definition) is 2. The maximum absolute atomic E-state index is 8.92. The Morgan fingerprint density at radius 2 is 2.25 bits per heavy atom. The van der Waals surface area contributed by atoms with E-state index in [0.717, 1.165) is 19.4 Å².